The highest BCUT2D eigenvalue weighted by Crippen LogP contribution is 2.33. The van der Waals surface area contributed by atoms with Crippen LogP contribution in [0.1, 0.15) is 28.8 Å². The van der Waals surface area contributed by atoms with Crippen LogP contribution < -0.4 is 5.73 Å². The Morgan fingerprint density at radius 2 is 2.16 bits per heavy atom. The van der Waals surface area contributed by atoms with Crippen LogP contribution in [0.3, 0.4) is 0 Å². The van der Waals surface area contributed by atoms with Gasteiger partial charge in [-0.1, -0.05) is 23.4 Å². The van der Waals surface area contributed by atoms with E-state index in [1.54, 1.807) is 12.1 Å². The molecule has 0 radical (unpaired) electrons. The zero-order valence-electron chi connectivity index (χ0n) is 13.8. The molecule has 0 saturated heterocycles. The summed E-state index contributed by atoms with van der Waals surface area (Å²) in [5.74, 6) is -0.216. The van der Waals surface area contributed by atoms with Crippen molar-refractivity contribution in [3.8, 4) is 0 Å². The van der Waals surface area contributed by atoms with Crippen LogP contribution in [0.25, 0.3) is 10.9 Å². The Bertz CT molecular complexity index is 961. The monoisotopic (exact) mass is 337 g/mol. The van der Waals surface area contributed by atoms with Crippen molar-refractivity contribution >= 4 is 17.1 Å². The van der Waals surface area contributed by atoms with Crippen molar-refractivity contribution in [2.45, 2.75) is 31.8 Å². The normalized spacial score (nSPS) is 17.3. The largest absolute Gasteiger partial charge is 0.411 e. The van der Waals surface area contributed by atoms with E-state index in [2.05, 4.69) is 9.72 Å². The third kappa shape index (κ3) is 2.91. The second-order valence-electron chi connectivity index (χ2n) is 6.67. The van der Waals surface area contributed by atoms with Gasteiger partial charge in [0.05, 0.1) is 6.21 Å². The summed E-state index contributed by atoms with van der Waals surface area (Å²) in [4.78, 5) is 0. The second-order valence-corrected chi connectivity index (χ2v) is 6.67. The lowest BCUT2D eigenvalue weighted by Gasteiger charge is -2.21. The minimum atomic E-state index is -0.216. The molecule has 0 amide bonds. The van der Waals surface area contributed by atoms with Gasteiger partial charge in [0.25, 0.3) is 0 Å². The topological polar surface area (TPSA) is 63.5 Å². The van der Waals surface area contributed by atoms with Crippen LogP contribution in [0.2, 0.25) is 0 Å². The van der Waals surface area contributed by atoms with Crippen LogP contribution in [-0.4, -0.2) is 22.0 Å². The first-order valence-corrected chi connectivity index (χ1v) is 8.47. The summed E-state index contributed by atoms with van der Waals surface area (Å²) in [6, 6.07) is 12.9. The SMILES string of the molecule is NC1CCc2c(c3cc(C=NO)ccc3n2Cc2cccc(F)c2)C1. The maximum atomic E-state index is 13.6. The molecule has 25 heavy (non-hydrogen) atoms. The summed E-state index contributed by atoms with van der Waals surface area (Å²) in [7, 11) is 0. The van der Waals surface area contributed by atoms with Crippen LogP contribution in [0.4, 0.5) is 4.39 Å². The zero-order valence-corrected chi connectivity index (χ0v) is 13.8. The molecule has 3 N–H and O–H groups in total. The Morgan fingerprint density at radius 3 is 2.96 bits per heavy atom. The van der Waals surface area contributed by atoms with Gasteiger partial charge in [-0.25, -0.2) is 4.39 Å². The van der Waals surface area contributed by atoms with Crippen LogP contribution in [-0.2, 0) is 19.4 Å². The van der Waals surface area contributed by atoms with Gasteiger partial charge in [-0.3, -0.25) is 0 Å². The molecule has 1 atom stereocenters. The molecule has 0 spiro atoms. The van der Waals surface area contributed by atoms with Gasteiger partial charge in [-0.05, 0) is 60.2 Å². The zero-order chi connectivity index (χ0) is 17.4. The highest BCUT2D eigenvalue weighted by atomic mass is 19.1. The Morgan fingerprint density at radius 1 is 1.28 bits per heavy atom. The molecule has 1 aromatic heterocycles. The van der Waals surface area contributed by atoms with Crippen LogP contribution in [0.15, 0.2) is 47.6 Å². The molecule has 0 fully saturated rings. The Hall–Kier alpha value is -2.66. The molecule has 0 aliphatic heterocycles. The van der Waals surface area contributed by atoms with E-state index in [1.165, 1.54) is 23.5 Å². The van der Waals surface area contributed by atoms with E-state index in [9.17, 15) is 4.39 Å². The predicted molar refractivity (Wildman–Crippen MR) is 96.8 cm³/mol. The highest BCUT2D eigenvalue weighted by molar-refractivity contribution is 5.92. The smallest absolute Gasteiger partial charge is 0.123 e. The first-order valence-electron chi connectivity index (χ1n) is 8.47. The summed E-state index contributed by atoms with van der Waals surface area (Å²) < 4.78 is 15.8. The fourth-order valence-electron chi connectivity index (χ4n) is 3.84. The molecule has 128 valence electrons. The molecule has 0 bridgehead atoms. The minimum Gasteiger partial charge on any atom is -0.411 e. The standard InChI is InChI=1S/C20H20FN3O/c21-15-3-1-2-14(8-15)12-24-19-6-4-13(11-23-25)9-17(19)18-10-16(22)5-7-20(18)24/h1-4,6,8-9,11,16,25H,5,7,10,12,22H2. The number of oxime groups is 1. The van der Waals surface area contributed by atoms with Gasteiger partial charge >= 0.3 is 0 Å². The lowest BCUT2D eigenvalue weighted by Crippen LogP contribution is -2.28. The maximum Gasteiger partial charge on any atom is 0.123 e. The summed E-state index contributed by atoms with van der Waals surface area (Å²) in [6.45, 7) is 0.631. The second kappa shape index (κ2) is 6.33. The van der Waals surface area contributed by atoms with Gasteiger partial charge in [-0.15, -0.1) is 0 Å². The third-order valence-electron chi connectivity index (χ3n) is 4.97. The Labute approximate surface area is 145 Å². The lowest BCUT2D eigenvalue weighted by atomic mass is 9.91. The van der Waals surface area contributed by atoms with E-state index in [1.807, 2.05) is 24.3 Å². The summed E-state index contributed by atoms with van der Waals surface area (Å²) >= 11 is 0. The predicted octanol–water partition coefficient (Wildman–Crippen LogP) is 3.45. The van der Waals surface area contributed by atoms with E-state index in [4.69, 9.17) is 10.9 Å². The van der Waals surface area contributed by atoms with Crippen LogP contribution >= 0.6 is 0 Å². The molecule has 5 heteroatoms. The molecular formula is C20H20FN3O. The molecule has 2 aromatic carbocycles. The van der Waals surface area contributed by atoms with Crippen molar-refractivity contribution in [2.24, 2.45) is 10.9 Å². The number of nitrogens with two attached hydrogens (primary N) is 1. The molecule has 1 aliphatic carbocycles. The van der Waals surface area contributed by atoms with Crippen molar-refractivity contribution < 1.29 is 9.60 Å². The first kappa shape index (κ1) is 15.8. The van der Waals surface area contributed by atoms with Gasteiger partial charge in [0.2, 0.25) is 0 Å². The number of rotatable bonds is 3. The van der Waals surface area contributed by atoms with Gasteiger partial charge in [0.15, 0.2) is 0 Å². The van der Waals surface area contributed by atoms with Crippen molar-refractivity contribution in [3.63, 3.8) is 0 Å². The Balaban J connectivity index is 1.88. The van der Waals surface area contributed by atoms with Gasteiger partial charge in [0.1, 0.15) is 5.82 Å². The van der Waals surface area contributed by atoms with Crippen molar-refractivity contribution in [1.82, 2.24) is 4.57 Å². The fraction of sp³-hybridized carbons (Fsp3) is 0.250. The van der Waals surface area contributed by atoms with Crippen molar-refractivity contribution in [2.75, 3.05) is 0 Å². The minimum absolute atomic E-state index is 0.163. The van der Waals surface area contributed by atoms with E-state index in [0.717, 1.165) is 41.3 Å². The molecule has 1 heterocycles. The molecule has 0 saturated carbocycles. The number of benzene rings is 2. The van der Waals surface area contributed by atoms with Gasteiger partial charge in [-0.2, -0.15) is 0 Å². The molecule has 1 unspecified atom stereocenters. The number of aromatic nitrogens is 1. The maximum absolute atomic E-state index is 13.6. The molecule has 4 rings (SSSR count). The number of hydrogen-bond acceptors (Lipinski definition) is 3. The number of nitrogens with zero attached hydrogens (tertiary/aromatic N) is 2. The van der Waals surface area contributed by atoms with E-state index < -0.39 is 0 Å². The summed E-state index contributed by atoms with van der Waals surface area (Å²) in [6.07, 6.45) is 4.14. The molecular weight excluding hydrogens is 317 g/mol. The van der Waals surface area contributed by atoms with E-state index in [0.29, 0.717) is 6.54 Å². The summed E-state index contributed by atoms with van der Waals surface area (Å²) in [5, 5.41) is 13.1. The quantitative estimate of drug-likeness (QED) is 0.437. The van der Waals surface area contributed by atoms with Crippen molar-refractivity contribution in [1.29, 1.82) is 0 Å². The molecule has 3 aromatic rings. The molecule has 4 nitrogen and oxygen atoms in total. The number of hydrogen-bond donors (Lipinski definition) is 2. The van der Waals surface area contributed by atoms with Crippen LogP contribution in [0.5, 0.6) is 0 Å². The third-order valence-corrected chi connectivity index (χ3v) is 4.97. The van der Waals surface area contributed by atoms with E-state index in [-0.39, 0.29) is 11.9 Å². The lowest BCUT2D eigenvalue weighted by molar-refractivity contribution is 0.322. The number of halogens is 1. The van der Waals surface area contributed by atoms with E-state index >= 15 is 0 Å². The van der Waals surface area contributed by atoms with Crippen molar-refractivity contribution in [3.05, 3.63) is 70.7 Å². The van der Waals surface area contributed by atoms with Gasteiger partial charge < -0.3 is 15.5 Å². The average Bonchev–Trinajstić information content (AvgIpc) is 2.88. The first-order chi connectivity index (χ1) is 12.2. The summed E-state index contributed by atoms with van der Waals surface area (Å²) in [5.41, 5.74) is 11.6. The van der Waals surface area contributed by atoms with Crippen LogP contribution in [0, 0.1) is 5.82 Å². The average molecular weight is 337 g/mol. The Kier molecular flexibility index (Phi) is 4.01. The highest BCUT2D eigenvalue weighted by Gasteiger charge is 2.23. The molecule has 1 aliphatic rings. The fourth-order valence-corrected chi connectivity index (χ4v) is 3.84. The van der Waals surface area contributed by atoms with Gasteiger partial charge in [0, 0.05) is 29.2 Å². The number of fused-ring (bicyclic) bond motifs is 3.